The molecule has 0 radical (unpaired) electrons. The summed E-state index contributed by atoms with van der Waals surface area (Å²) in [5.74, 6) is 0.0466. The van der Waals surface area contributed by atoms with Crippen LogP contribution in [0.2, 0.25) is 0 Å². The fraction of sp³-hybridized carbons (Fsp3) is 0.417. The van der Waals surface area contributed by atoms with Gasteiger partial charge in [0.1, 0.15) is 5.56 Å². The zero-order chi connectivity index (χ0) is 21.7. The minimum absolute atomic E-state index is 0.0621. The van der Waals surface area contributed by atoms with Crippen molar-refractivity contribution in [3.8, 4) is 16.9 Å². The van der Waals surface area contributed by atoms with Crippen LogP contribution in [-0.4, -0.2) is 29.4 Å². The maximum absolute atomic E-state index is 13.2. The number of methoxy groups -OCH3 is 1. The molecule has 0 bridgehead atoms. The Balaban J connectivity index is 1.77. The van der Waals surface area contributed by atoms with Crippen molar-refractivity contribution in [3.05, 3.63) is 49.9 Å². The maximum atomic E-state index is 13.2. The second kappa shape index (κ2) is 7.80. The van der Waals surface area contributed by atoms with E-state index in [0.29, 0.717) is 11.1 Å². The highest BCUT2D eigenvalue weighted by molar-refractivity contribution is 7.10. The molecule has 31 heavy (non-hydrogen) atoms. The second-order valence-electron chi connectivity index (χ2n) is 8.17. The molecule has 0 aliphatic heterocycles. The highest BCUT2D eigenvalue weighted by Crippen LogP contribution is 2.46. The molecule has 0 amide bonds. The number of rotatable bonds is 5. The van der Waals surface area contributed by atoms with Crippen LogP contribution >= 0.6 is 11.3 Å². The molecule has 1 unspecified atom stereocenters. The number of hydrogen-bond acceptors (Lipinski definition) is 6. The standard InChI is InChI=1S/C24H25NO5S/c1-3-30-24(28)17-11-25(13-7-8-13)20-16(21(17)27)10-9-14(22(20)29-2)18-12-31-23-15(18)5-4-6-19(23)26/h9-13,19,26H,3-8H2,1-2H3. The molecule has 5 rings (SSSR count). The Morgan fingerprint density at radius 2 is 2.06 bits per heavy atom. The van der Waals surface area contributed by atoms with Gasteiger partial charge in [-0.25, -0.2) is 4.79 Å². The van der Waals surface area contributed by atoms with Gasteiger partial charge in [0.2, 0.25) is 5.43 Å². The first kappa shape index (κ1) is 20.3. The zero-order valence-corrected chi connectivity index (χ0v) is 18.5. The molecule has 2 aromatic heterocycles. The van der Waals surface area contributed by atoms with Gasteiger partial charge in [-0.05, 0) is 67.7 Å². The number of nitrogens with zero attached hydrogens (tertiary/aromatic N) is 1. The highest BCUT2D eigenvalue weighted by Gasteiger charge is 2.31. The molecule has 3 aromatic rings. The molecule has 2 heterocycles. The highest BCUT2D eigenvalue weighted by atomic mass is 32.1. The summed E-state index contributed by atoms with van der Waals surface area (Å²) in [4.78, 5) is 26.6. The number of thiophene rings is 1. The van der Waals surface area contributed by atoms with Gasteiger partial charge in [-0.15, -0.1) is 11.3 Å². The van der Waals surface area contributed by atoms with E-state index >= 15 is 0 Å². The summed E-state index contributed by atoms with van der Waals surface area (Å²) in [5.41, 5.74) is 3.59. The van der Waals surface area contributed by atoms with Gasteiger partial charge in [0, 0.05) is 22.7 Å². The van der Waals surface area contributed by atoms with Gasteiger partial charge in [-0.3, -0.25) is 4.79 Å². The van der Waals surface area contributed by atoms with Crippen LogP contribution in [-0.2, 0) is 11.2 Å². The van der Waals surface area contributed by atoms with Crippen molar-refractivity contribution in [1.29, 1.82) is 0 Å². The summed E-state index contributed by atoms with van der Waals surface area (Å²) >= 11 is 1.58. The Hall–Kier alpha value is -2.64. The van der Waals surface area contributed by atoms with Crippen LogP contribution in [0.15, 0.2) is 28.5 Å². The second-order valence-corrected chi connectivity index (χ2v) is 9.08. The van der Waals surface area contributed by atoms with E-state index < -0.39 is 12.1 Å². The Bertz CT molecular complexity index is 1240. The summed E-state index contributed by atoms with van der Waals surface area (Å²) in [6.45, 7) is 1.95. The van der Waals surface area contributed by atoms with Gasteiger partial charge >= 0.3 is 5.97 Å². The van der Waals surface area contributed by atoms with Crippen molar-refractivity contribution in [1.82, 2.24) is 4.57 Å². The van der Waals surface area contributed by atoms with Crippen molar-refractivity contribution in [2.75, 3.05) is 13.7 Å². The molecule has 0 saturated heterocycles. The van der Waals surface area contributed by atoms with E-state index in [-0.39, 0.29) is 23.6 Å². The lowest BCUT2D eigenvalue weighted by molar-refractivity contribution is 0.0524. The number of carbonyl (C=O) groups excluding carboxylic acids is 1. The smallest absolute Gasteiger partial charge is 0.343 e. The van der Waals surface area contributed by atoms with Crippen molar-refractivity contribution < 1.29 is 19.4 Å². The van der Waals surface area contributed by atoms with E-state index in [1.807, 2.05) is 10.6 Å². The van der Waals surface area contributed by atoms with E-state index in [1.165, 1.54) is 5.56 Å². The minimum atomic E-state index is -0.590. The lowest BCUT2D eigenvalue weighted by atomic mass is 9.90. The zero-order valence-electron chi connectivity index (χ0n) is 17.6. The monoisotopic (exact) mass is 439 g/mol. The molecular weight excluding hydrogens is 414 g/mol. The lowest BCUT2D eigenvalue weighted by Gasteiger charge is -2.21. The van der Waals surface area contributed by atoms with Gasteiger partial charge in [0.05, 0.1) is 30.7 Å². The van der Waals surface area contributed by atoms with Gasteiger partial charge in [-0.2, -0.15) is 0 Å². The molecular formula is C24H25NO5S. The quantitative estimate of drug-likeness (QED) is 0.587. The molecule has 1 atom stereocenters. The largest absolute Gasteiger partial charge is 0.494 e. The van der Waals surface area contributed by atoms with Crippen LogP contribution < -0.4 is 10.2 Å². The van der Waals surface area contributed by atoms with E-state index in [1.54, 1.807) is 37.6 Å². The third-order valence-corrected chi connectivity index (χ3v) is 7.34. The van der Waals surface area contributed by atoms with Gasteiger partial charge < -0.3 is 19.1 Å². The van der Waals surface area contributed by atoms with Crippen LogP contribution in [0.5, 0.6) is 5.75 Å². The Morgan fingerprint density at radius 3 is 2.77 bits per heavy atom. The van der Waals surface area contributed by atoms with E-state index in [9.17, 15) is 14.7 Å². The molecule has 1 N–H and O–H groups in total. The van der Waals surface area contributed by atoms with Gasteiger partial charge in [0.25, 0.3) is 0 Å². The fourth-order valence-corrected chi connectivity index (χ4v) is 5.74. The number of hydrogen-bond donors (Lipinski definition) is 1. The van der Waals surface area contributed by atoms with Crippen LogP contribution in [0.4, 0.5) is 0 Å². The third-order valence-electron chi connectivity index (χ3n) is 6.21. The van der Waals surface area contributed by atoms with Crippen LogP contribution in [0.25, 0.3) is 22.0 Å². The van der Waals surface area contributed by atoms with Crippen molar-refractivity contribution in [2.45, 2.75) is 51.2 Å². The first-order chi connectivity index (χ1) is 15.0. The van der Waals surface area contributed by atoms with Crippen molar-refractivity contribution >= 4 is 28.2 Å². The molecule has 1 fully saturated rings. The van der Waals surface area contributed by atoms with Gasteiger partial charge in [-0.1, -0.05) is 0 Å². The summed E-state index contributed by atoms with van der Waals surface area (Å²) in [5, 5.41) is 12.9. The first-order valence-electron chi connectivity index (χ1n) is 10.8. The van der Waals surface area contributed by atoms with E-state index in [0.717, 1.165) is 53.6 Å². The summed E-state index contributed by atoms with van der Waals surface area (Å²) < 4.78 is 13.0. The average molecular weight is 440 g/mol. The minimum Gasteiger partial charge on any atom is -0.494 e. The molecule has 162 valence electrons. The number of fused-ring (bicyclic) bond motifs is 2. The molecule has 1 saturated carbocycles. The number of aromatic nitrogens is 1. The molecule has 1 aromatic carbocycles. The van der Waals surface area contributed by atoms with Crippen molar-refractivity contribution in [2.24, 2.45) is 0 Å². The predicted molar refractivity (Wildman–Crippen MR) is 120 cm³/mol. The molecule has 2 aliphatic rings. The number of aliphatic hydroxyl groups excluding tert-OH is 1. The molecule has 0 spiro atoms. The van der Waals surface area contributed by atoms with Crippen LogP contribution in [0, 0.1) is 0 Å². The topological polar surface area (TPSA) is 77.8 Å². The van der Waals surface area contributed by atoms with E-state index in [4.69, 9.17) is 9.47 Å². The average Bonchev–Trinajstić information content (AvgIpc) is 3.52. The summed E-state index contributed by atoms with van der Waals surface area (Å²) in [7, 11) is 1.62. The number of ether oxygens (including phenoxy) is 2. The van der Waals surface area contributed by atoms with Crippen molar-refractivity contribution in [3.63, 3.8) is 0 Å². The SMILES string of the molecule is CCOC(=O)c1cn(C2CC2)c2c(OC)c(-c3csc4c3CCCC4O)ccc2c1=O. The Labute approximate surface area is 184 Å². The molecule has 7 heteroatoms. The number of carbonyl (C=O) groups is 1. The van der Waals surface area contributed by atoms with E-state index in [2.05, 4.69) is 5.38 Å². The summed E-state index contributed by atoms with van der Waals surface area (Å²) in [6, 6.07) is 3.93. The third kappa shape index (κ3) is 3.27. The number of esters is 1. The predicted octanol–water partition coefficient (Wildman–Crippen LogP) is 4.62. The fourth-order valence-electron chi connectivity index (χ4n) is 4.60. The van der Waals surface area contributed by atoms with Crippen LogP contribution in [0.1, 0.15) is 65.6 Å². The number of aliphatic hydroxyl groups is 1. The Morgan fingerprint density at radius 1 is 1.26 bits per heavy atom. The lowest BCUT2D eigenvalue weighted by Crippen LogP contribution is -2.21. The number of benzene rings is 1. The summed E-state index contributed by atoms with van der Waals surface area (Å²) in [6.07, 6.45) is 5.87. The molecule has 2 aliphatic carbocycles. The normalized spacial score (nSPS) is 18.1. The first-order valence-corrected chi connectivity index (χ1v) is 11.6. The van der Waals surface area contributed by atoms with Gasteiger partial charge in [0.15, 0.2) is 5.75 Å². The van der Waals surface area contributed by atoms with Crippen LogP contribution in [0.3, 0.4) is 0 Å². The number of pyridine rings is 1. The Kier molecular flexibility index (Phi) is 5.10. The maximum Gasteiger partial charge on any atom is 0.343 e. The molecule has 6 nitrogen and oxygen atoms in total.